The molecule has 1 N–H and O–H groups in total. The first-order valence-electron chi connectivity index (χ1n) is 7.30. The zero-order chi connectivity index (χ0) is 14.7. The van der Waals surface area contributed by atoms with Crippen LogP contribution in [-0.2, 0) is 13.1 Å². The molecule has 0 radical (unpaired) electrons. The van der Waals surface area contributed by atoms with Gasteiger partial charge in [0.1, 0.15) is 0 Å². The highest BCUT2D eigenvalue weighted by atomic mass is 79.9. The summed E-state index contributed by atoms with van der Waals surface area (Å²) in [5.74, 6) is 0. The lowest BCUT2D eigenvalue weighted by atomic mass is 10.2. The molecule has 0 saturated carbocycles. The van der Waals surface area contributed by atoms with Crippen molar-refractivity contribution in [1.29, 1.82) is 0 Å². The quantitative estimate of drug-likeness (QED) is 0.719. The zero-order valence-electron chi connectivity index (χ0n) is 12.1. The Bertz CT molecular complexity index is 729. The number of hydrogen-bond acceptors (Lipinski definition) is 1. The molecule has 0 unspecified atom stereocenters. The standard InChI is InChI=1S/C18H19BrN2/c1-2-20-12-17-11-15-5-3-4-6-18(15)21(17)13-14-7-9-16(19)10-8-14/h3-11,20H,2,12-13H2,1H3. The molecule has 2 nitrogen and oxygen atoms in total. The predicted molar refractivity (Wildman–Crippen MR) is 92.6 cm³/mol. The maximum Gasteiger partial charge on any atom is 0.0486 e. The summed E-state index contributed by atoms with van der Waals surface area (Å²) in [6.45, 7) is 4.94. The molecule has 21 heavy (non-hydrogen) atoms. The van der Waals surface area contributed by atoms with E-state index in [-0.39, 0.29) is 0 Å². The van der Waals surface area contributed by atoms with E-state index in [0.29, 0.717) is 0 Å². The van der Waals surface area contributed by atoms with Gasteiger partial charge in [-0.3, -0.25) is 0 Å². The topological polar surface area (TPSA) is 17.0 Å². The summed E-state index contributed by atoms with van der Waals surface area (Å²) in [7, 11) is 0. The number of para-hydroxylation sites is 1. The van der Waals surface area contributed by atoms with Gasteiger partial charge in [0.2, 0.25) is 0 Å². The van der Waals surface area contributed by atoms with Crippen LogP contribution in [0, 0.1) is 0 Å². The van der Waals surface area contributed by atoms with Crippen LogP contribution in [0.1, 0.15) is 18.2 Å². The molecule has 0 aliphatic heterocycles. The molecule has 0 atom stereocenters. The van der Waals surface area contributed by atoms with Crippen molar-refractivity contribution in [3.63, 3.8) is 0 Å². The van der Waals surface area contributed by atoms with Crippen LogP contribution in [0.5, 0.6) is 0 Å². The van der Waals surface area contributed by atoms with E-state index in [1.807, 2.05) is 0 Å². The van der Waals surface area contributed by atoms with Gasteiger partial charge in [-0.2, -0.15) is 0 Å². The van der Waals surface area contributed by atoms with Crippen LogP contribution in [0.2, 0.25) is 0 Å². The molecule has 0 saturated heterocycles. The first-order valence-corrected chi connectivity index (χ1v) is 8.09. The largest absolute Gasteiger partial charge is 0.339 e. The van der Waals surface area contributed by atoms with Crippen molar-refractivity contribution in [3.8, 4) is 0 Å². The molecule has 0 aliphatic rings. The molecular formula is C18H19BrN2. The van der Waals surface area contributed by atoms with E-state index in [1.165, 1.54) is 22.2 Å². The van der Waals surface area contributed by atoms with Crippen molar-refractivity contribution in [1.82, 2.24) is 9.88 Å². The molecule has 1 aromatic heterocycles. The van der Waals surface area contributed by atoms with Crippen LogP contribution in [0.25, 0.3) is 10.9 Å². The molecule has 0 fully saturated rings. The van der Waals surface area contributed by atoms with Crippen molar-refractivity contribution in [2.75, 3.05) is 6.54 Å². The minimum absolute atomic E-state index is 0.904. The number of nitrogens with one attached hydrogen (secondary N) is 1. The Morgan fingerprint density at radius 2 is 1.81 bits per heavy atom. The van der Waals surface area contributed by atoms with Gasteiger partial charge in [0, 0.05) is 28.8 Å². The van der Waals surface area contributed by atoms with Gasteiger partial charge in [0.25, 0.3) is 0 Å². The maximum atomic E-state index is 3.50. The SMILES string of the molecule is CCNCc1cc2ccccc2n1Cc1ccc(Br)cc1. The minimum atomic E-state index is 0.904. The molecule has 108 valence electrons. The van der Waals surface area contributed by atoms with Crippen molar-refractivity contribution < 1.29 is 0 Å². The summed E-state index contributed by atoms with van der Waals surface area (Å²) in [6, 6.07) is 19.4. The van der Waals surface area contributed by atoms with E-state index in [4.69, 9.17) is 0 Å². The third-order valence-corrected chi connectivity index (χ3v) is 4.24. The second kappa shape index (κ2) is 6.46. The summed E-state index contributed by atoms with van der Waals surface area (Å²) in [4.78, 5) is 0. The minimum Gasteiger partial charge on any atom is -0.339 e. The summed E-state index contributed by atoms with van der Waals surface area (Å²) in [5.41, 5.74) is 3.95. The average molecular weight is 343 g/mol. The van der Waals surface area contributed by atoms with Crippen LogP contribution in [-0.4, -0.2) is 11.1 Å². The number of rotatable bonds is 5. The molecule has 2 aromatic carbocycles. The zero-order valence-corrected chi connectivity index (χ0v) is 13.7. The Morgan fingerprint density at radius 1 is 1.05 bits per heavy atom. The number of hydrogen-bond donors (Lipinski definition) is 1. The lowest BCUT2D eigenvalue weighted by Gasteiger charge is -2.11. The normalized spacial score (nSPS) is 11.1. The average Bonchev–Trinajstić information content (AvgIpc) is 2.85. The van der Waals surface area contributed by atoms with Crippen LogP contribution < -0.4 is 5.32 Å². The fraction of sp³-hybridized carbons (Fsp3) is 0.222. The van der Waals surface area contributed by atoms with E-state index in [9.17, 15) is 0 Å². The summed E-state index contributed by atoms with van der Waals surface area (Å²) >= 11 is 3.50. The highest BCUT2D eigenvalue weighted by Gasteiger charge is 2.08. The number of aromatic nitrogens is 1. The second-order valence-corrected chi connectivity index (χ2v) is 6.10. The van der Waals surface area contributed by atoms with Gasteiger partial charge < -0.3 is 9.88 Å². The molecule has 3 aromatic rings. The third kappa shape index (κ3) is 3.20. The molecule has 0 aliphatic carbocycles. The molecular weight excluding hydrogens is 324 g/mol. The number of fused-ring (bicyclic) bond motifs is 1. The van der Waals surface area contributed by atoms with Crippen LogP contribution >= 0.6 is 15.9 Å². The fourth-order valence-electron chi connectivity index (χ4n) is 2.63. The Kier molecular flexibility index (Phi) is 4.42. The smallest absolute Gasteiger partial charge is 0.0486 e. The van der Waals surface area contributed by atoms with Crippen molar-refractivity contribution in [3.05, 3.63) is 70.3 Å². The Morgan fingerprint density at radius 3 is 2.57 bits per heavy atom. The first-order chi connectivity index (χ1) is 10.3. The molecule has 0 amide bonds. The monoisotopic (exact) mass is 342 g/mol. The van der Waals surface area contributed by atoms with Gasteiger partial charge in [-0.1, -0.05) is 53.2 Å². The predicted octanol–water partition coefficient (Wildman–Crippen LogP) is 4.56. The van der Waals surface area contributed by atoms with Crippen molar-refractivity contribution in [2.45, 2.75) is 20.0 Å². The lowest BCUT2D eigenvalue weighted by molar-refractivity contribution is 0.666. The van der Waals surface area contributed by atoms with E-state index < -0.39 is 0 Å². The summed E-state index contributed by atoms with van der Waals surface area (Å²) in [6.07, 6.45) is 0. The molecule has 1 heterocycles. The van der Waals surface area contributed by atoms with E-state index in [2.05, 4.69) is 87.3 Å². The fourth-order valence-corrected chi connectivity index (χ4v) is 2.89. The lowest BCUT2D eigenvalue weighted by Crippen LogP contribution is -2.15. The number of benzene rings is 2. The van der Waals surface area contributed by atoms with Gasteiger partial charge in [-0.15, -0.1) is 0 Å². The van der Waals surface area contributed by atoms with Crippen LogP contribution in [0.15, 0.2) is 59.1 Å². The maximum absolute atomic E-state index is 3.50. The van der Waals surface area contributed by atoms with Gasteiger partial charge in [-0.25, -0.2) is 0 Å². The molecule has 3 heteroatoms. The van der Waals surface area contributed by atoms with E-state index >= 15 is 0 Å². The highest BCUT2D eigenvalue weighted by Crippen LogP contribution is 2.22. The van der Waals surface area contributed by atoms with Crippen molar-refractivity contribution >= 4 is 26.8 Å². The van der Waals surface area contributed by atoms with Gasteiger partial charge in [0.05, 0.1) is 0 Å². The Labute approximate surface area is 133 Å². The van der Waals surface area contributed by atoms with E-state index in [1.54, 1.807) is 0 Å². The van der Waals surface area contributed by atoms with Crippen LogP contribution in [0.3, 0.4) is 0 Å². The number of nitrogens with zero attached hydrogens (tertiary/aromatic N) is 1. The molecule has 0 bridgehead atoms. The van der Waals surface area contributed by atoms with Gasteiger partial charge >= 0.3 is 0 Å². The number of halogens is 1. The Hall–Kier alpha value is -1.58. The van der Waals surface area contributed by atoms with Crippen LogP contribution in [0.4, 0.5) is 0 Å². The molecule has 0 spiro atoms. The van der Waals surface area contributed by atoms with E-state index in [0.717, 1.165) is 24.1 Å². The molecule has 3 rings (SSSR count). The van der Waals surface area contributed by atoms with Gasteiger partial charge in [-0.05, 0) is 41.8 Å². The summed E-state index contributed by atoms with van der Waals surface area (Å²) in [5, 5.41) is 4.74. The van der Waals surface area contributed by atoms with Gasteiger partial charge in [0.15, 0.2) is 0 Å². The van der Waals surface area contributed by atoms with Crippen molar-refractivity contribution in [2.24, 2.45) is 0 Å². The second-order valence-electron chi connectivity index (χ2n) is 5.19. The Balaban J connectivity index is 1.99. The highest BCUT2D eigenvalue weighted by molar-refractivity contribution is 9.10. The third-order valence-electron chi connectivity index (χ3n) is 3.71. The summed E-state index contributed by atoms with van der Waals surface area (Å²) < 4.78 is 3.53. The first kappa shape index (κ1) is 14.4.